The highest BCUT2D eigenvalue weighted by molar-refractivity contribution is 7.52. The average molecular weight is 534 g/mol. The van der Waals surface area contributed by atoms with Crippen LogP contribution in [0.3, 0.4) is 0 Å². The fourth-order valence-corrected chi connectivity index (χ4v) is 6.39. The lowest BCUT2D eigenvalue weighted by Crippen LogP contribution is -2.26. The van der Waals surface area contributed by atoms with E-state index < -0.39 is 30.0 Å². The van der Waals surface area contributed by atoms with Gasteiger partial charge in [-0.3, -0.25) is 9.36 Å². The summed E-state index contributed by atoms with van der Waals surface area (Å²) in [5.41, 5.74) is -1.09. The third-order valence-electron chi connectivity index (χ3n) is 5.15. The number of methoxy groups -OCH3 is 1. The van der Waals surface area contributed by atoms with Crippen molar-refractivity contribution in [3.05, 3.63) is 58.6 Å². The van der Waals surface area contributed by atoms with Gasteiger partial charge in [0.15, 0.2) is 5.43 Å². The standard InChI is InChI=1S/C28H37FNO6P/c1-9-16-34-23-15-14-22(29)24-25(23)30(18-37(32,35-27(2,3)4)36-28(5,6)7)17-21(26(24)31)19-10-12-20(33-8)13-11-19/h10-15,17H,9,16,18H2,1-8H3. The summed E-state index contributed by atoms with van der Waals surface area (Å²) in [6, 6.07) is 9.58. The van der Waals surface area contributed by atoms with Crippen molar-refractivity contribution in [2.75, 3.05) is 13.7 Å². The molecule has 0 aliphatic rings. The van der Waals surface area contributed by atoms with Gasteiger partial charge in [-0.1, -0.05) is 19.1 Å². The first-order valence-electron chi connectivity index (χ1n) is 12.3. The van der Waals surface area contributed by atoms with Gasteiger partial charge in [-0.25, -0.2) is 4.39 Å². The van der Waals surface area contributed by atoms with Crippen molar-refractivity contribution in [1.82, 2.24) is 4.57 Å². The quantitative estimate of drug-likeness (QED) is 0.267. The van der Waals surface area contributed by atoms with E-state index in [0.717, 1.165) is 0 Å². The molecule has 1 aromatic heterocycles. The highest BCUT2D eigenvalue weighted by Crippen LogP contribution is 2.56. The van der Waals surface area contributed by atoms with Gasteiger partial charge < -0.3 is 23.1 Å². The maximum absolute atomic E-state index is 15.3. The van der Waals surface area contributed by atoms with Gasteiger partial charge in [0, 0.05) is 11.8 Å². The molecule has 0 saturated heterocycles. The van der Waals surface area contributed by atoms with Crippen LogP contribution in [0.2, 0.25) is 0 Å². The van der Waals surface area contributed by atoms with Gasteiger partial charge in [0.25, 0.3) is 0 Å². The van der Waals surface area contributed by atoms with Crippen LogP contribution in [-0.4, -0.2) is 29.5 Å². The zero-order valence-electron chi connectivity index (χ0n) is 22.9. The Morgan fingerprint density at radius 3 is 2.05 bits per heavy atom. The molecule has 3 aromatic rings. The Morgan fingerprint density at radius 1 is 0.946 bits per heavy atom. The molecule has 3 rings (SSSR count). The Morgan fingerprint density at radius 2 is 1.54 bits per heavy atom. The number of benzene rings is 2. The minimum absolute atomic E-state index is 0.153. The summed E-state index contributed by atoms with van der Waals surface area (Å²) < 4.78 is 54.2. The Labute approximate surface area is 218 Å². The van der Waals surface area contributed by atoms with Crippen LogP contribution in [0.1, 0.15) is 54.9 Å². The molecule has 0 unspecified atom stereocenters. The molecular formula is C28H37FNO6P. The molecule has 2 aromatic carbocycles. The topological polar surface area (TPSA) is 76.0 Å². The first-order chi connectivity index (χ1) is 17.2. The molecule has 0 N–H and O–H groups in total. The summed E-state index contributed by atoms with van der Waals surface area (Å²) in [5.74, 6) is 0.235. The second kappa shape index (κ2) is 11.0. The Balaban J connectivity index is 2.34. The van der Waals surface area contributed by atoms with Gasteiger partial charge in [0.05, 0.1) is 35.8 Å². The van der Waals surface area contributed by atoms with Crippen LogP contribution in [0.4, 0.5) is 4.39 Å². The number of aromatic nitrogens is 1. The van der Waals surface area contributed by atoms with E-state index in [1.807, 2.05) is 6.92 Å². The lowest BCUT2D eigenvalue weighted by atomic mass is 10.0. The normalized spacial score (nSPS) is 12.7. The minimum Gasteiger partial charge on any atom is -0.497 e. The SMILES string of the molecule is CCCOc1ccc(F)c2c(=O)c(-c3ccc(OC)cc3)cn(CP(=O)(OC(C)(C)C)OC(C)(C)C)c12. The Kier molecular flexibility index (Phi) is 8.57. The Hall–Kier alpha value is -2.67. The molecule has 202 valence electrons. The van der Waals surface area contributed by atoms with Crippen molar-refractivity contribution in [3.8, 4) is 22.6 Å². The van der Waals surface area contributed by atoms with Crippen molar-refractivity contribution in [2.24, 2.45) is 0 Å². The van der Waals surface area contributed by atoms with E-state index in [1.165, 1.54) is 12.1 Å². The molecule has 37 heavy (non-hydrogen) atoms. The van der Waals surface area contributed by atoms with E-state index in [9.17, 15) is 9.36 Å². The van der Waals surface area contributed by atoms with E-state index in [4.69, 9.17) is 18.5 Å². The third kappa shape index (κ3) is 7.22. The summed E-state index contributed by atoms with van der Waals surface area (Å²) in [7, 11) is -2.28. The number of rotatable bonds is 9. The number of nitrogens with zero attached hydrogens (tertiary/aromatic N) is 1. The Bertz CT molecular complexity index is 1330. The van der Waals surface area contributed by atoms with Crippen molar-refractivity contribution in [2.45, 2.75) is 72.4 Å². The zero-order valence-corrected chi connectivity index (χ0v) is 23.8. The molecule has 0 aliphatic carbocycles. The molecular weight excluding hydrogens is 496 g/mol. The van der Waals surface area contributed by atoms with Gasteiger partial charge in [-0.2, -0.15) is 0 Å². The lowest BCUT2D eigenvalue weighted by Gasteiger charge is -2.33. The first kappa shape index (κ1) is 28.9. The van der Waals surface area contributed by atoms with Crippen LogP contribution >= 0.6 is 7.60 Å². The van der Waals surface area contributed by atoms with E-state index in [0.29, 0.717) is 30.1 Å². The van der Waals surface area contributed by atoms with Gasteiger partial charge >= 0.3 is 7.60 Å². The molecule has 0 amide bonds. The number of hydrogen-bond acceptors (Lipinski definition) is 6. The molecule has 1 heterocycles. The van der Waals surface area contributed by atoms with E-state index in [2.05, 4.69) is 0 Å². The third-order valence-corrected chi connectivity index (χ3v) is 7.45. The highest BCUT2D eigenvalue weighted by Gasteiger charge is 2.36. The van der Waals surface area contributed by atoms with Crippen LogP contribution in [-0.2, 0) is 19.9 Å². The smallest absolute Gasteiger partial charge is 0.351 e. The fraction of sp³-hybridized carbons (Fsp3) is 0.464. The molecule has 0 radical (unpaired) electrons. The van der Waals surface area contributed by atoms with Crippen LogP contribution in [0.15, 0.2) is 47.4 Å². The van der Waals surface area contributed by atoms with Crippen LogP contribution in [0.5, 0.6) is 11.5 Å². The molecule has 0 fully saturated rings. The molecule has 7 nitrogen and oxygen atoms in total. The monoisotopic (exact) mass is 533 g/mol. The maximum atomic E-state index is 15.3. The molecule has 9 heteroatoms. The van der Waals surface area contributed by atoms with Crippen LogP contribution < -0.4 is 14.9 Å². The highest BCUT2D eigenvalue weighted by atomic mass is 31.2. The van der Waals surface area contributed by atoms with Gasteiger partial charge in [0.2, 0.25) is 0 Å². The summed E-state index contributed by atoms with van der Waals surface area (Å²) in [6.07, 6.45) is 2.02. The summed E-state index contributed by atoms with van der Waals surface area (Å²) in [4.78, 5) is 13.6. The van der Waals surface area contributed by atoms with E-state index >= 15 is 4.39 Å². The first-order valence-corrected chi connectivity index (χ1v) is 14.0. The summed E-state index contributed by atoms with van der Waals surface area (Å²) >= 11 is 0. The van der Waals surface area contributed by atoms with E-state index in [-0.39, 0.29) is 22.8 Å². The lowest BCUT2D eigenvalue weighted by molar-refractivity contribution is 0.0464. The predicted octanol–water partition coefficient (Wildman–Crippen LogP) is 7.39. The average Bonchev–Trinajstić information content (AvgIpc) is 2.77. The van der Waals surface area contributed by atoms with Crippen LogP contribution in [0.25, 0.3) is 22.0 Å². The summed E-state index contributed by atoms with van der Waals surface area (Å²) in [5, 5.41) is -0.153. The van der Waals surface area contributed by atoms with Crippen molar-refractivity contribution >= 4 is 18.5 Å². The van der Waals surface area contributed by atoms with Crippen molar-refractivity contribution in [3.63, 3.8) is 0 Å². The molecule has 0 bridgehead atoms. The van der Waals surface area contributed by atoms with Crippen molar-refractivity contribution in [1.29, 1.82) is 0 Å². The zero-order chi connectivity index (χ0) is 27.6. The molecule has 0 saturated carbocycles. The van der Waals surface area contributed by atoms with Gasteiger partial charge in [-0.15, -0.1) is 0 Å². The largest absolute Gasteiger partial charge is 0.497 e. The fourth-order valence-electron chi connectivity index (χ4n) is 3.98. The second-order valence-corrected chi connectivity index (χ2v) is 12.7. The molecule has 0 aliphatic heterocycles. The number of halogens is 1. The number of hydrogen-bond donors (Lipinski definition) is 0. The summed E-state index contributed by atoms with van der Waals surface area (Å²) in [6.45, 7) is 13.0. The molecule has 0 atom stereocenters. The number of fused-ring (bicyclic) bond motifs is 1. The maximum Gasteiger partial charge on any atom is 0.351 e. The van der Waals surface area contributed by atoms with E-state index in [1.54, 1.807) is 83.7 Å². The number of pyridine rings is 1. The van der Waals surface area contributed by atoms with Gasteiger partial charge in [0.1, 0.15) is 23.6 Å². The number of ether oxygens (including phenoxy) is 2. The molecule has 0 spiro atoms. The minimum atomic E-state index is -3.83. The second-order valence-electron chi connectivity index (χ2n) is 10.8. The van der Waals surface area contributed by atoms with Crippen LogP contribution in [0, 0.1) is 5.82 Å². The predicted molar refractivity (Wildman–Crippen MR) is 145 cm³/mol. The van der Waals surface area contributed by atoms with Crippen molar-refractivity contribution < 1.29 is 27.5 Å². The van der Waals surface area contributed by atoms with Gasteiger partial charge in [-0.05, 0) is 77.8 Å².